The molecule has 0 bridgehead atoms. The Morgan fingerprint density at radius 2 is 2.07 bits per heavy atom. The van der Waals surface area contributed by atoms with Crippen LogP contribution in [0, 0.1) is 5.41 Å². The molecule has 1 aromatic heterocycles. The van der Waals surface area contributed by atoms with Crippen LogP contribution in [0.15, 0.2) is 36.5 Å². The molecule has 0 radical (unpaired) electrons. The average molecular weight is 377 g/mol. The summed E-state index contributed by atoms with van der Waals surface area (Å²) in [6, 6.07) is 7.83. The van der Waals surface area contributed by atoms with Gasteiger partial charge in [0.25, 0.3) is 5.91 Å². The monoisotopic (exact) mass is 377 g/mol. The number of aromatic nitrogens is 1. The molecule has 2 aliphatic carbocycles. The van der Waals surface area contributed by atoms with Gasteiger partial charge in [-0.3, -0.25) is 14.6 Å². The van der Waals surface area contributed by atoms with Crippen molar-refractivity contribution in [2.24, 2.45) is 5.41 Å². The summed E-state index contributed by atoms with van der Waals surface area (Å²) in [6.45, 7) is 1.82. The highest BCUT2D eigenvalue weighted by Gasteiger charge is 2.42. The summed E-state index contributed by atoms with van der Waals surface area (Å²) in [4.78, 5) is 28.6. The molecule has 2 amide bonds. The van der Waals surface area contributed by atoms with Gasteiger partial charge in [0.2, 0.25) is 5.91 Å². The Morgan fingerprint density at radius 1 is 1.25 bits per heavy atom. The van der Waals surface area contributed by atoms with Crippen LogP contribution in [0.4, 0.5) is 0 Å². The predicted molar refractivity (Wildman–Crippen MR) is 111 cm³/mol. The third-order valence-corrected chi connectivity index (χ3v) is 6.13. The molecule has 1 fully saturated rings. The van der Waals surface area contributed by atoms with Crippen LogP contribution in [0.3, 0.4) is 0 Å². The molecule has 4 rings (SSSR count). The number of amides is 2. The zero-order valence-corrected chi connectivity index (χ0v) is 16.5. The first kappa shape index (κ1) is 18.7. The summed E-state index contributed by atoms with van der Waals surface area (Å²) >= 11 is 0. The highest BCUT2D eigenvalue weighted by atomic mass is 16.2. The Labute approximate surface area is 165 Å². The van der Waals surface area contributed by atoms with E-state index in [0.29, 0.717) is 11.0 Å². The van der Waals surface area contributed by atoms with Crippen molar-refractivity contribution in [2.45, 2.75) is 51.5 Å². The topological polar surface area (TPSA) is 71.1 Å². The van der Waals surface area contributed by atoms with Gasteiger partial charge in [-0.15, -0.1) is 0 Å². The van der Waals surface area contributed by atoms with E-state index in [-0.39, 0.29) is 24.3 Å². The van der Waals surface area contributed by atoms with Crippen molar-refractivity contribution in [3.8, 4) is 0 Å². The van der Waals surface area contributed by atoms with Crippen LogP contribution in [0.25, 0.3) is 16.5 Å². The maximum atomic E-state index is 12.5. The predicted octanol–water partition coefficient (Wildman–Crippen LogP) is 3.84. The molecule has 1 saturated carbocycles. The van der Waals surface area contributed by atoms with E-state index in [1.54, 1.807) is 13.2 Å². The lowest BCUT2D eigenvalue weighted by Gasteiger charge is -2.22. The van der Waals surface area contributed by atoms with Gasteiger partial charge in [0.15, 0.2) is 0 Å². The fourth-order valence-electron chi connectivity index (χ4n) is 4.10. The highest BCUT2D eigenvalue weighted by molar-refractivity contribution is 5.99. The fourth-order valence-corrected chi connectivity index (χ4v) is 4.10. The number of pyridine rings is 1. The van der Waals surface area contributed by atoms with Crippen molar-refractivity contribution in [3.05, 3.63) is 47.7 Å². The van der Waals surface area contributed by atoms with Crippen LogP contribution in [0.5, 0.6) is 0 Å². The number of allylic oxidation sites excluding steroid dienone is 2. The second-order valence-corrected chi connectivity index (χ2v) is 8.29. The Bertz CT molecular complexity index is 959. The lowest BCUT2D eigenvalue weighted by molar-refractivity contribution is -0.120. The zero-order valence-electron chi connectivity index (χ0n) is 16.5. The van der Waals surface area contributed by atoms with Crippen molar-refractivity contribution in [1.29, 1.82) is 0 Å². The second-order valence-electron chi connectivity index (χ2n) is 8.29. The van der Waals surface area contributed by atoms with Gasteiger partial charge in [-0.05, 0) is 56.1 Å². The normalized spacial score (nSPS) is 18.4. The molecule has 5 nitrogen and oxygen atoms in total. The Kier molecular flexibility index (Phi) is 4.92. The van der Waals surface area contributed by atoms with Crippen molar-refractivity contribution in [1.82, 2.24) is 15.6 Å². The van der Waals surface area contributed by atoms with Gasteiger partial charge in [0, 0.05) is 36.7 Å². The summed E-state index contributed by atoms with van der Waals surface area (Å²) in [7, 11) is 1.59. The number of hydrogen-bond acceptors (Lipinski definition) is 3. The van der Waals surface area contributed by atoms with Gasteiger partial charge in [0.05, 0.1) is 11.1 Å². The Morgan fingerprint density at radius 3 is 2.75 bits per heavy atom. The maximum Gasteiger partial charge on any atom is 0.253 e. The maximum absolute atomic E-state index is 12.5. The number of carbonyl (C=O) groups is 2. The van der Waals surface area contributed by atoms with Crippen LogP contribution in [-0.2, 0) is 4.79 Å². The number of nitrogens with one attached hydrogen (secondary N) is 2. The van der Waals surface area contributed by atoms with Crippen molar-refractivity contribution in [2.75, 3.05) is 7.05 Å². The molecule has 2 N–H and O–H groups in total. The van der Waals surface area contributed by atoms with Gasteiger partial charge in [-0.25, -0.2) is 0 Å². The number of benzene rings is 1. The van der Waals surface area contributed by atoms with E-state index < -0.39 is 0 Å². The lowest BCUT2D eigenvalue weighted by Crippen LogP contribution is -2.36. The van der Waals surface area contributed by atoms with Gasteiger partial charge >= 0.3 is 0 Å². The molecule has 0 unspecified atom stereocenters. The molecular weight excluding hydrogens is 350 g/mol. The van der Waals surface area contributed by atoms with Crippen LogP contribution in [0.2, 0.25) is 0 Å². The number of fused-ring (bicyclic) bond motifs is 1. The molecule has 5 heteroatoms. The number of hydrogen-bond donors (Lipinski definition) is 2. The summed E-state index contributed by atoms with van der Waals surface area (Å²) < 4.78 is 0. The molecule has 28 heavy (non-hydrogen) atoms. The first-order valence-electron chi connectivity index (χ1n) is 10.1. The van der Waals surface area contributed by atoms with Crippen LogP contribution < -0.4 is 10.6 Å². The van der Waals surface area contributed by atoms with E-state index in [0.717, 1.165) is 17.3 Å². The molecule has 1 aromatic carbocycles. The SMILES string of the molecule is CNC(=O)C[C@@H](C)NC(=O)c1cnc2c(C3=CCC4(CC3)CC4)cccc2c1. The molecule has 0 saturated heterocycles. The average Bonchev–Trinajstić information content (AvgIpc) is 3.46. The van der Waals surface area contributed by atoms with Gasteiger partial charge in [-0.1, -0.05) is 24.3 Å². The second kappa shape index (κ2) is 7.38. The molecule has 2 aromatic rings. The van der Waals surface area contributed by atoms with Gasteiger partial charge < -0.3 is 10.6 Å². The minimum atomic E-state index is -0.239. The molecule has 146 valence electrons. The van der Waals surface area contributed by atoms with Crippen LogP contribution in [0.1, 0.15) is 61.4 Å². The quantitative estimate of drug-likeness (QED) is 0.832. The zero-order chi connectivity index (χ0) is 19.7. The van der Waals surface area contributed by atoms with Crippen molar-refractivity contribution < 1.29 is 9.59 Å². The third kappa shape index (κ3) is 3.79. The molecular formula is C23H27N3O2. The van der Waals surface area contributed by atoms with E-state index in [9.17, 15) is 9.59 Å². The number of rotatable bonds is 5. The molecule has 1 heterocycles. The molecule has 2 aliphatic rings. The highest BCUT2D eigenvalue weighted by Crippen LogP contribution is 2.56. The summed E-state index contributed by atoms with van der Waals surface area (Å²) in [5.41, 5.74) is 4.65. The minimum Gasteiger partial charge on any atom is -0.359 e. The summed E-state index contributed by atoms with van der Waals surface area (Å²) in [6.07, 6.45) is 10.6. The van der Waals surface area contributed by atoms with E-state index in [2.05, 4.69) is 27.8 Å². The lowest BCUT2D eigenvalue weighted by atomic mass is 9.84. The van der Waals surface area contributed by atoms with Crippen LogP contribution >= 0.6 is 0 Å². The number of para-hydroxylation sites is 1. The number of carbonyl (C=O) groups excluding carboxylic acids is 2. The largest absolute Gasteiger partial charge is 0.359 e. The van der Waals surface area contributed by atoms with E-state index >= 15 is 0 Å². The van der Waals surface area contributed by atoms with E-state index in [1.807, 2.05) is 25.1 Å². The molecule has 0 aliphatic heterocycles. The van der Waals surface area contributed by atoms with Gasteiger partial charge in [-0.2, -0.15) is 0 Å². The van der Waals surface area contributed by atoms with Crippen molar-refractivity contribution >= 4 is 28.3 Å². The standard InChI is InChI=1S/C23H27N3O2/c1-15(12-20(27)24-2)26-22(28)18-13-17-4-3-5-19(21(17)25-14-18)16-6-8-23(9-7-16)10-11-23/h3-6,13-15H,7-12H2,1-2H3,(H,24,27)(H,26,28)/t15-/m1/s1. The van der Waals surface area contributed by atoms with Crippen molar-refractivity contribution in [3.63, 3.8) is 0 Å². The summed E-state index contributed by atoms with van der Waals surface area (Å²) in [5.74, 6) is -0.299. The van der Waals surface area contributed by atoms with E-state index in [1.165, 1.54) is 36.8 Å². The molecule has 1 atom stereocenters. The number of nitrogens with zero attached hydrogens (tertiary/aromatic N) is 1. The van der Waals surface area contributed by atoms with Gasteiger partial charge in [0.1, 0.15) is 0 Å². The van der Waals surface area contributed by atoms with E-state index in [4.69, 9.17) is 0 Å². The van der Waals surface area contributed by atoms with Crippen LogP contribution in [-0.4, -0.2) is 29.9 Å². The Hall–Kier alpha value is -2.69. The minimum absolute atomic E-state index is 0.0946. The molecule has 1 spiro atoms. The fraction of sp³-hybridized carbons (Fsp3) is 0.435. The smallest absolute Gasteiger partial charge is 0.253 e. The first-order chi connectivity index (χ1) is 13.5. The Balaban J connectivity index is 1.54. The summed E-state index contributed by atoms with van der Waals surface area (Å²) in [5, 5.41) is 6.41. The third-order valence-electron chi connectivity index (χ3n) is 6.13. The first-order valence-corrected chi connectivity index (χ1v) is 10.1.